The molecule has 3 amide bonds. The van der Waals surface area contributed by atoms with E-state index in [0.717, 1.165) is 5.69 Å². The average molecular weight is 368 g/mol. The van der Waals surface area contributed by atoms with Gasteiger partial charge < -0.3 is 21.3 Å². The van der Waals surface area contributed by atoms with Gasteiger partial charge in [0.25, 0.3) is 5.91 Å². The van der Waals surface area contributed by atoms with Crippen LogP contribution in [0.2, 0.25) is 0 Å². The van der Waals surface area contributed by atoms with Crippen LogP contribution in [0.15, 0.2) is 48.5 Å². The maximum atomic E-state index is 12.1. The van der Waals surface area contributed by atoms with Crippen LogP contribution in [0.4, 0.5) is 17.1 Å². The number of carbonyl (C=O) groups is 3. The Bertz CT molecular complexity index is 799. The Morgan fingerprint density at radius 1 is 0.815 bits per heavy atom. The molecule has 2 rings (SSSR count). The molecule has 0 heterocycles. The largest absolute Gasteiger partial charge is 0.376 e. The first-order valence-corrected chi connectivity index (χ1v) is 8.66. The van der Waals surface area contributed by atoms with E-state index in [2.05, 4.69) is 21.3 Å². The second-order valence-corrected chi connectivity index (χ2v) is 6.28. The molecule has 0 saturated heterocycles. The van der Waals surface area contributed by atoms with E-state index in [1.807, 2.05) is 13.8 Å². The molecule has 7 heteroatoms. The zero-order valence-electron chi connectivity index (χ0n) is 15.6. The second kappa shape index (κ2) is 9.38. The molecule has 0 radical (unpaired) electrons. The number of hydrogen-bond donors (Lipinski definition) is 4. The van der Waals surface area contributed by atoms with Crippen LogP contribution in [0, 0.1) is 5.92 Å². The summed E-state index contributed by atoms with van der Waals surface area (Å²) in [5, 5.41) is 11.1. The average Bonchev–Trinajstić information content (AvgIpc) is 2.67. The van der Waals surface area contributed by atoms with E-state index >= 15 is 0 Å². The van der Waals surface area contributed by atoms with Gasteiger partial charge in [0.05, 0.1) is 6.54 Å². The van der Waals surface area contributed by atoms with E-state index in [-0.39, 0.29) is 30.2 Å². The van der Waals surface area contributed by atoms with Crippen molar-refractivity contribution in [2.75, 3.05) is 29.5 Å². The van der Waals surface area contributed by atoms with Crippen molar-refractivity contribution in [3.63, 3.8) is 0 Å². The summed E-state index contributed by atoms with van der Waals surface area (Å²) >= 11 is 0. The number of rotatable bonds is 7. The molecule has 0 unspecified atom stereocenters. The number of anilines is 3. The summed E-state index contributed by atoms with van der Waals surface area (Å²) in [6.45, 7) is 3.73. The van der Waals surface area contributed by atoms with Crippen LogP contribution < -0.4 is 21.3 Å². The zero-order valence-corrected chi connectivity index (χ0v) is 15.6. The maximum Gasteiger partial charge on any atom is 0.251 e. The summed E-state index contributed by atoms with van der Waals surface area (Å²) in [7, 11) is 1.57. The van der Waals surface area contributed by atoms with Crippen LogP contribution in [-0.2, 0) is 9.59 Å². The van der Waals surface area contributed by atoms with Crippen molar-refractivity contribution in [1.29, 1.82) is 0 Å². The summed E-state index contributed by atoms with van der Waals surface area (Å²) < 4.78 is 0. The lowest BCUT2D eigenvalue weighted by molar-refractivity contribution is -0.119. The van der Waals surface area contributed by atoms with Crippen LogP contribution in [0.1, 0.15) is 24.2 Å². The van der Waals surface area contributed by atoms with Crippen molar-refractivity contribution in [1.82, 2.24) is 5.32 Å². The van der Waals surface area contributed by atoms with Crippen molar-refractivity contribution in [3.05, 3.63) is 54.1 Å². The Labute approximate surface area is 158 Å². The molecule has 0 saturated carbocycles. The predicted molar refractivity (Wildman–Crippen MR) is 107 cm³/mol. The van der Waals surface area contributed by atoms with Gasteiger partial charge >= 0.3 is 0 Å². The normalized spacial score (nSPS) is 10.2. The van der Waals surface area contributed by atoms with Crippen LogP contribution in [0.3, 0.4) is 0 Å². The molecule has 0 atom stereocenters. The minimum atomic E-state index is -0.204. The fraction of sp³-hybridized carbons (Fsp3) is 0.250. The van der Waals surface area contributed by atoms with Crippen molar-refractivity contribution in [3.8, 4) is 0 Å². The van der Waals surface area contributed by atoms with E-state index in [4.69, 9.17) is 0 Å². The van der Waals surface area contributed by atoms with Gasteiger partial charge in [-0.1, -0.05) is 13.8 Å². The van der Waals surface area contributed by atoms with Crippen LogP contribution >= 0.6 is 0 Å². The first-order valence-electron chi connectivity index (χ1n) is 8.66. The summed E-state index contributed by atoms with van der Waals surface area (Å²) in [6.07, 6.45) is 0. The van der Waals surface area contributed by atoms with Gasteiger partial charge in [-0.2, -0.15) is 0 Å². The second-order valence-electron chi connectivity index (χ2n) is 6.28. The Kier molecular flexibility index (Phi) is 6.93. The lowest BCUT2D eigenvalue weighted by Gasteiger charge is -2.10. The molecule has 0 aliphatic rings. The molecule has 7 nitrogen and oxygen atoms in total. The number of amides is 3. The van der Waals surface area contributed by atoms with E-state index in [1.54, 1.807) is 55.6 Å². The topological polar surface area (TPSA) is 99.3 Å². The maximum absolute atomic E-state index is 12.1. The third-order valence-corrected chi connectivity index (χ3v) is 3.79. The van der Waals surface area contributed by atoms with Crippen LogP contribution in [0.5, 0.6) is 0 Å². The minimum absolute atomic E-state index is 0.0570. The number of nitrogens with one attached hydrogen (secondary N) is 4. The molecular formula is C20H24N4O3. The molecule has 27 heavy (non-hydrogen) atoms. The van der Waals surface area contributed by atoms with Gasteiger partial charge in [-0.3, -0.25) is 14.4 Å². The minimum Gasteiger partial charge on any atom is -0.376 e. The number of benzene rings is 2. The number of carbonyl (C=O) groups excluding carboxylic acids is 3. The summed E-state index contributed by atoms with van der Waals surface area (Å²) in [6, 6.07) is 13.8. The first-order chi connectivity index (χ1) is 12.9. The van der Waals surface area contributed by atoms with E-state index in [0.29, 0.717) is 16.9 Å². The lowest BCUT2D eigenvalue weighted by Crippen LogP contribution is -2.22. The third-order valence-electron chi connectivity index (χ3n) is 3.79. The van der Waals surface area contributed by atoms with Crippen molar-refractivity contribution < 1.29 is 14.4 Å². The monoisotopic (exact) mass is 368 g/mol. The van der Waals surface area contributed by atoms with Crippen molar-refractivity contribution in [2.45, 2.75) is 13.8 Å². The Morgan fingerprint density at radius 2 is 1.33 bits per heavy atom. The van der Waals surface area contributed by atoms with Gasteiger partial charge in [0.1, 0.15) is 0 Å². The highest BCUT2D eigenvalue weighted by Crippen LogP contribution is 2.15. The van der Waals surface area contributed by atoms with Gasteiger partial charge in [-0.15, -0.1) is 0 Å². The van der Waals surface area contributed by atoms with Gasteiger partial charge in [0.2, 0.25) is 11.8 Å². The molecule has 2 aromatic carbocycles. The van der Waals surface area contributed by atoms with E-state index in [1.165, 1.54) is 0 Å². The predicted octanol–water partition coefficient (Wildman–Crippen LogP) is 2.69. The molecule has 0 aliphatic carbocycles. The van der Waals surface area contributed by atoms with Crippen molar-refractivity contribution >= 4 is 34.8 Å². The molecule has 0 fully saturated rings. The van der Waals surface area contributed by atoms with Crippen molar-refractivity contribution in [2.24, 2.45) is 5.92 Å². The smallest absolute Gasteiger partial charge is 0.251 e. The fourth-order valence-electron chi connectivity index (χ4n) is 2.19. The summed E-state index contributed by atoms with van der Waals surface area (Å²) in [5.74, 6) is -0.518. The lowest BCUT2D eigenvalue weighted by atomic mass is 10.2. The molecule has 2 aromatic rings. The van der Waals surface area contributed by atoms with E-state index < -0.39 is 0 Å². The molecule has 0 aliphatic heterocycles. The summed E-state index contributed by atoms with van der Waals surface area (Å²) in [5.41, 5.74) is 2.61. The highest BCUT2D eigenvalue weighted by atomic mass is 16.2. The number of hydrogen-bond acceptors (Lipinski definition) is 4. The molecule has 4 N–H and O–H groups in total. The van der Waals surface area contributed by atoms with Crippen LogP contribution in [0.25, 0.3) is 0 Å². The Morgan fingerprint density at radius 3 is 1.85 bits per heavy atom. The molecule has 0 aromatic heterocycles. The molecule has 0 spiro atoms. The van der Waals surface area contributed by atoms with Gasteiger partial charge in [-0.05, 0) is 48.5 Å². The van der Waals surface area contributed by atoms with Gasteiger partial charge in [0, 0.05) is 35.6 Å². The summed E-state index contributed by atoms with van der Waals surface area (Å²) in [4.78, 5) is 35.2. The van der Waals surface area contributed by atoms with Gasteiger partial charge in [0.15, 0.2) is 0 Å². The first kappa shape index (κ1) is 20.0. The zero-order chi connectivity index (χ0) is 19.8. The molecule has 142 valence electrons. The third kappa shape index (κ3) is 6.14. The Hall–Kier alpha value is -3.35. The van der Waals surface area contributed by atoms with E-state index in [9.17, 15) is 14.4 Å². The SMILES string of the molecule is CNC(=O)c1ccc(NCC(=O)Nc2ccc(NC(=O)C(C)C)cc2)cc1. The highest BCUT2D eigenvalue weighted by molar-refractivity contribution is 5.96. The van der Waals surface area contributed by atoms with Crippen LogP contribution in [-0.4, -0.2) is 31.3 Å². The fourth-order valence-corrected chi connectivity index (χ4v) is 2.19. The highest BCUT2D eigenvalue weighted by Gasteiger charge is 2.08. The Balaban J connectivity index is 1.83. The molecular weight excluding hydrogens is 344 g/mol. The molecule has 0 bridgehead atoms. The standard InChI is InChI=1S/C20H24N4O3/c1-13(2)19(26)24-17-10-8-16(9-11-17)23-18(25)12-22-15-6-4-14(5-7-15)20(27)21-3/h4-11,13,22H,12H2,1-3H3,(H,21,27)(H,23,25)(H,24,26). The van der Waals surface area contributed by atoms with Gasteiger partial charge in [-0.25, -0.2) is 0 Å². The quantitative estimate of drug-likeness (QED) is 0.604.